The lowest BCUT2D eigenvalue weighted by Crippen LogP contribution is -2.30. The van der Waals surface area contributed by atoms with Crippen LogP contribution in [0.4, 0.5) is 0 Å². The van der Waals surface area contributed by atoms with Gasteiger partial charge in [-0.3, -0.25) is 0 Å². The molecule has 110 heavy (non-hydrogen) atoms. The van der Waals surface area contributed by atoms with Crippen molar-refractivity contribution in [3.63, 3.8) is 0 Å². The van der Waals surface area contributed by atoms with Crippen molar-refractivity contribution < 1.29 is 8.83 Å². The van der Waals surface area contributed by atoms with Crippen molar-refractivity contribution in [2.24, 2.45) is 0 Å². The Morgan fingerprint density at radius 1 is 0.245 bits per heavy atom. The minimum absolute atomic E-state index is 0.0367. The van der Waals surface area contributed by atoms with Gasteiger partial charge in [0.15, 0.2) is 0 Å². The minimum Gasteiger partial charge on any atom is -0.456 e. The highest BCUT2D eigenvalue weighted by Gasteiger charge is 2.55. The lowest BCUT2D eigenvalue weighted by Gasteiger charge is -2.35. The quantitative estimate of drug-likeness (QED) is 0.144. The summed E-state index contributed by atoms with van der Waals surface area (Å²) in [6, 6.07) is 133. The predicted octanol–water partition coefficient (Wildman–Crippen LogP) is 26.7. The molecule has 0 fully saturated rings. The largest absolute Gasteiger partial charge is 0.456 e. The van der Waals surface area contributed by atoms with Gasteiger partial charge in [-0.2, -0.15) is 0 Å². The Kier molecular flexibility index (Phi) is 12.5. The van der Waals surface area contributed by atoms with Gasteiger partial charge < -0.3 is 8.83 Å². The van der Waals surface area contributed by atoms with Crippen molar-refractivity contribution >= 4 is 43.9 Å². The SMILES string of the molecule is CC1(C)c2ccccc2-c2c1c1c(c3c2oc2ccccc23)-c2ccc(CC(Cc3ccc4c(c3)C(c3ccccc3)(c3ccccc3)c3cc5c(cc3-4)C(c3ccccc3)(c3ccccc3)c3ccc4oc6ccccc6c4c3-5)c3ccc4c(c3)C3(c5ccccc5-c5ccccc53)c3ccccc3-4)cc2C1(C)C. The number of hydrogen-bond acceptors (Lipinski definition) is 2. The molecule has 1 unspecified atom stereocenters. The maximum Gasteiger partial charge on any atom is 0.144 e. The zero-order chi connectivity index (χ0) is 72.7. The fourth-order valence-electron chi connectivity index (χ4n) is 22.9. The summed E-state index contributed by atoms with van der Waals surface area (Å²) < 4.78 is 14.1. The van der Waals surface area contributed by atoms with Crippen LogP contribution in [0, 0.1) is 0 Å². The fraction of sp³-hybridized carbons (Fsp3) is 0.111. The van der Waals surface area contributed by atoms with E-state index >= 15 is 0 Å². The van der Waals surface area contributed by atoms with Crippen LogP contribution in [0.25, 0.3) is 111 Å². The highest BCUT2D eigenvalue weighted by Crippen LogP contribution is 2.68. The molecule has 0 radical (unpaired) electrons. The van der Waals surface area contributed by atoms with Gasteiger partial charge in [0.2, 0.25) is 0 Å². The summed E-state index contributed by atoms with van der Waals surface area (Å²) in [5.74, 6) is 0.0367. The molecule has 6 aliphatic rings. The van der Waals surface area contributed by atoms with Crippen LogP contribution >= 0.6 is 0 Å². The van der Waals surface area contributed by atoms with Crippen molar-refractivity contribution in [3.05, 3.63) is 451 Å². The molecule has 6 aliphatic carbocycles. The third-order valence-corrected chi connectivity index (χ3v) is 27.2. The smallest absolute Gasteiger partial charge is 0.144 e. The zero-order valence-electron chi connectivity index (χ0n) is 61.7. The average Bonchev–Trinajstić information content (AvgIpc) is 1.51. The summed E-state index contributed by atoms with van der Waals surface area (Å²) in [4.78, 5) is 0. The molecule has 0 amide bonds. The molecule has 0 bridgehead atoms. The highest BCUT2D eigenvalue weighted by atomic mass is 16.3. The van der Waals surface area contributed by atoms with E-state index in [-0.39, 0.29) is 16.7 Å². The van der Waals surface area contributed by atoms with Crippen molar-refractivity contribution in [2.75, 3.05) is 0 Å². The van der Waals surface area contributed by atoms with Gasteiger partial charge in [-0.1, -0.05) is 343 Å². The van der Waals surface area contributed by atoms with Crippen LogP contribution in [0.2, 0.25) is 0 Å². The molecule has 16 aromatic carbocycles. The zero-order valence-corrected chi connectivity index (χ0v) is 61.7. The van der Waals surface area contributed by atoms with E-state index in [9.17, 15) is 0 Å². The van der Waals surface area contributed by atoms with E-state index in [0.717, 1.165) is 45.9 Å². The molecule has 0 aliphatic heterocycles. The van der Waals surface area contributed by atoms with Crippen molar-refractivity contribution in [3.8, 4) is 66.8 Å². The Balaban J connectivity index is 0.735. The second-order valence-electron chi connectivity index (χ2n) is 33.0. The van der Waals surface area contributed by atoms with Crippen molar-refractivity contribution in [1.29, 1.82) is 0 Å². The number of furan rings is 2. The monoisotopic (exact) mass is 1400 g/mol. The predicted molar refractivity (Wildman–Crippen MR) is 450 cm³/mol. The van der Waals surface area contributed by atoms with Crippen LogP contribution in [-0.2, 0) is 39.9 Å². The van der Waals surface area contributed by atoms with E-state index in [1.165, 1.54) is 183 Å². The highest BCUT2D eigenvalue weighted by molar-refractivity contribution is 6.21. The topological polar surface area (TPSA) is 26.3 Å². The molecular formula is C108H74O2. The van der Waals surface area contributed by atoms with Crippen LogP contribution in [0.15, 0.2) is 355 Å². The van der Waals surface area contributed by atoms with Crippen molar-refractivity contribution in [1.82, 2.24) is 0 Å². The van der Waals surface area contributed by atoms with Crippen molar-refractivity contribution in [2.45, 2.75) is 73.5 Å². The second kappa shape index (κ2) is 22.2. The second-order valence-corrected chi connectivity index (χ2v) is 33.0. The molecule has 0 saturated carbocycles. The number of fused-ring (bicyclic) bond motifs is 32. The summed E-state index contributed by atoms with van der Waals surface area (Å²) in [5.41, 5.74) is 41.7. The normalized spacial score (nSPS) is 15.9. The van der Waals surface area contributed by atoms with E-state index in [0.29, 0.717) is 0 Å². The summed E-state index contributed by atoms with van der Waals surface area (Å²) >= 11 is 0. The molecule has 2 heteroatoms. The standard InChI is InChI=1S/C108H74O2/c1-104(2)83-43-23-20-40-77(83)100-102(104)101-98(99-80-42-22-28-48-94(80)110-103(99)100)78-53-50-64(59-88(78)105(101,3)4)57-67(66-51-54-75-74-39-19-26-46-86(74)108(90(75)61-66)84-44-24-17-37-72(84)73-38-18-25-45-85(73)108)58-65-49-52-76-81-62-92-82(63-91(81)107(89(76)60-65,70-33-13-7-14-34-70)71-35-15-8-16-36-71)96-87(55-56-95-97(96)79-41-21-27-47-93(79)109-95)106(92,68-29-9-5-10-30-68)69-31-11-6-12-32-69/h5-56,59-63,67H,57-58H2,1-4H3. The molecule has 2 heterocycles. The Morgan fingerprint density at radius 2 is 0.645 bits per heavy atom. The number of para-hydroxylation sites is 2. The van der Waals surface area contributed by atoms with Crippen LogP contribution in [0.3, 0.4) is 0 Å². The third-order valence-electron chi connectivity index (χ3n) is 27.2. The van der Waals surface area contributed by atoms with Gasteiger partial charge in [-0.05, 0) is 216 Å². The maximum absolute atomic E-state index is 7.16. The van der Waals surface area contributed by atoms with E-state index in [1.54, 1.807) is 0 Å². The molecule has 518 valence electrons. The molecule has 2 nitrogen and oxygen atoms in total. The molecule has 1 atom stereocenters. The van der Waals surface area contributed by atoms with E-state index < -0.39 is 16.2 Å². The molecule has 18 aromatic rings. The van der Waals surface area contributed by atoms with E-state index in [4.69, 9.17) is 8.83 Å². The molecule has 1 spiro atoms. The molecule has 0 N–H and O–H groups in total. The van der Waals surface area contributed by atoms with E-state index in [2.05, 4.69) is 373 Å². The van der Waals surface area contributed by atoms with Gasteiger partial charge in [-0.25, -0.2) is 0 Å². The Hall–Kier alpha value is -12.9. The summed E-state index contributed by atoms with van der Waals surface area (Å²) in [5, 5.41) is 4.68. The number of hydrogen-bond donors (Lipinski definition) is 0. The first-order valence-corrected chi connectivity index (χ1v) is 39.3. The summed E-state index contributed by atoms with van der Waals surface area (Å²) in [6.45, 7) is 9.90. The third kappa shape index (κ3) is 7.78. The Morgan fingerprint density at radius 3 is 1.24 bits per heavy atom. The Labute approximate surface area is 640 Å². The van der Waals surface area contributed by atoms with Gasteiger partial charge in [0.25, 0.3) is 0 Å². The average molecular weight is 1400 g/mol. The van der Waals surface area contributed by atoms with Gasteiger partial charge >= 0.3 is 0 Å². The molecule has 2 aromatic heterocycles. The van der Waals surface area contributed by atoms with Crippen LogP contribution < -0.4 is 0 Å². The number of benzene rings is 16. The first-order valence-electron chi connectivity index (χ1n) is 39.3. The van der Waals surface area contributed by atoms with Crippen LogP contribution in [0.1, 0.15) is 139 Å². The van der Waals surface area contributed by atoms with Gasteiger partial charge in [-0.15, -0.1) is 0 Å². The first kappa shape index (κ1) is 62.2. The van der Waals surface area contributed by atoms with Crippen LogP contribution in [-0.4, -0.2) is 0 Å². The summed E-state index contributed by atoms with van der Waals surface area (Å²) in [7, 11) is 0. The van der Waals surface area contributed by atoms with Crippen LogP contribution in [0.5, 0.6) is 0 Å². The molecule has 24 rings (SSSR count). The minimum atomic E-state index is -0.734. The van der Waals surface area contributed by atoms with Gasteiger partial charge in [0.05, 0.1) is 16.2 Å². The molecular weight excluding hydrogens is 1330 g/mol. The maximum atomic E-state index is 7.16. The molecule has 0 saturated heterocycles. The fourth-order valence-corrected chi connectivity index (χ4v) is 22.9. The van der Waals surface area contributed by atoms with E-state index in [1.807, 2.05) is 0 Å². The van der Waals surface area contributed by atoms with Gasteiger partial charge in [0.1, 0.15) is 22.3 Å². The van der Waals surface area contributed by atoms with Gasteiger partial charge in [0, 0.05) is 37.9 Å². The number of rotatable bonds is 9. The lowest BCUT2D eigenvalue weighted by atomic mass is 9.66. The lowest BCUT2D eigenvalue weighted by molar-refractivity contribution is 0.599. The Bertz CT molecular complexity index is 6880. The summed E-state index contributed by atoms with van der Waals surface area (Å²) in [6.07, 6.45) is 1.60. The first-order chi connectivity index (χ1) is 54.1.